The van der Waals surface area contributed by atoms with Crippen LogP contribution in [0, 0.1) is 0 Å². The number of ether oxygens (including phenoxy) is 1. The summed E-state index contributed by atoms with van der Waals surface area (Å²) < 4.78 is 5.48. The van der Waals surface area contributed by atoms with Crippen LogP contribution in [0.15, 0.2) is 42.5 Å². The molecule has 0 aromatic heterocycles. The molecular weight excluding hydrogens is 322 g/mol. The number of carbonyl (C=O) groups excluding carboxylic acids is 1. The Hall–Kier alpha value is -2.00. The molecule has 1 aliphatic carbocycles. The van der Waals surface area contributed by atoms with Crippen molar-refractivity contribution in [2.75, 3.05) is 6.61 Å². The average molecular weight is 344 g/mol. The Bertz CT molecular complexity index is 712. The maximum Gasteiger partial charge on any atom is 0.258 e. The molecule has 1 atom stereocenters. The van der Waals surface area contributed by atoms with Gasteiger partial charge in [0.25, 0.3) is 5.91 Å². The van der Waals surface area contributed by atoms with E-state index in [0.29, 0.717) is 10.8 Å². The minimum absolute atomic E-state index is 0.00306. The third-order valence-electron chi connectivity index (χ3n) is 4.43. The lowest BCUT2D eigenvalue weighted by molar-refractivity contribution is -0.123. The second-order valence-electron chi connectivity index (χ2n) is 6.27. The molecule has 0 saturated heterocycles. The minimum Gasteiger partial charge on any atom is -0.484 e. The van der Waals surface area contributed by atoms with Crippen LogP contribution in [0.4, 0.5) is 0 Å². The number of aryl methyl sites for hydroxylation is 2. The van der Waals surface area contributed by atoms with Crippen molar-refractivity contribution in [2.24, 2.45) is 0 Å². The summed E-state index contributed by atoms with van der Waals surface area (Å²) in [7, 11) is 0. The fourth-order valence-corrected chi connectivity index (χ4v) is 3.19. The first kappa shape index (κ1) is 16.8. The molecule has 1 amide bonds. The molecule has 0 spiro atoms. The van der Waals surface area contributed by atoms with E-state index in [1.54, 1.807) is 24.3 Å². The fourth-order valence-electron chi connectivity index (χ4n) is 3.07. The standard InChI is InChI=1S/C20H22ClNO2/c1-14(16-7-6-15-4-2-3-5-17(15)12-16)22-20(23)13-24-19-10-8-18(21)9-11-19/h6-12,14H,2-5,13H2,1H3,(H,22,23)/t14-/m1/s1. The molecule has 24 heavy (non-hydrogen) atoms. The summed E-state index contributed by atoms with van der Waals surface area (Å²) in [6.07, 6.45) is 4.85. The lowest BCUT2D eigenvalue weighted by Crippen LogP contribution is -2.31. The van der Waals surface area contributed by atoms with E-state index in [1.165, 1.54) is 30.4 Å². The van der Waals surface area contributed by atoms with Crippen molar-refractivity contribution in [3.05, 3.63) is 64.2 Å². The first-order chi connectivity index (χ1) is 11.6. The Balaban J connectivity index is 1.55. The van der Waals surface area contributed by atoms with E-state index in [1.807, 2.05) is 6.92 Å². The topological polar surface area (TPSA) is 38.3 Å². The highest BCUT2D eigenvalue weighted by atomic mass is 35.5. The number of fused-ring (bicyclic) bond motifs is 1. The number of rotatable bonds is 5. The van der Waals surface area contributed by atoms with E-state index >= 15 is 0 Å². The van der Waals surface area contributed by atoms with Gasteiger partial charge >= 0.3 is 0 Å². The zero-order valence-corrected chi connectivity index (χ0v) is 14.6. The smallest absolute Gasteiger partial charge is 0.258 e. The van der Waals surface area contributed by atoms with Gasteiger partial charge in [-0.1, -0.05) is 29.8 Å². The van der Waals surface area contributed by atoms with Gasteiger partial charge in [-0.2, -0.15) is 0 Å². The van der Waals surface area contributed by atoms with Gasteiger partial charge in [-0.3, -0.25) is 4.79 Å². The number of benzene rings is 2. The minimum atomic E-state index is -0.129. The molecule has 2 aromatic rings. The Morgan fingerprint density at radius 1 is 1.12 bits per heavy atom. The summed E-state index contributed by atoms with van der Waals surface area (Å²) in [4.78, 5) is 12.1. The van der Waals surface area contributed by atoms with Gasteiger partial charge in [0.15, 0.2) is 6.61 Å². The maximum atomic E-state index is 12.1. The van der Waals surface area contributed by atoms with Crippen molar-refractivity contribution in [1.82, 2.24) is 5.32 Å². The SMILES string of the molecule is C[C@@H](NC(=O)COc1ccc(Cl)cc1)c1ccc2c(c1)CCCC2. The van der Waals surface area contributed by atoms with Gasteiger partial charge < -0.3 is 10.1 Å². The second kappa shape index (κ2) is 7.71. The third kappa shape index (κ3) is 4.30. The Morgan fingerprint density at radius 3 is 2.58 bits per heavy atom. The molecule has 0 radical (unpaired) electrons. The normalized spacial score (nSPS) is 14.6. The summed E-state index contributed by atoms with van der Waals surface area (Å²) in [6, 6.07) is 13.5. The van der Waals surface area contributed by atoms with Gasteiger partial charge in [0.05, 0.1) is 6.04 Å². The highest BCUT2D eigenvalue weighted by Gasteiger charge is 2.14. The van der Waals surface area contributed by atoms with Gasteiger partial charge in [-0.25, -0.2) is 0 Å². The van der Waals surface area contributed by atoms with Crippen molar-refractivity contribution in [3.8, 4) is 5.75 Å². The van der Waals surface area contributed by atoms with Crippen molar-refractivity contribution >= 4 is 17.5 Å². The number of nitrogens with one attached hydrogen (secondary N) is 1. The molecule has 2 aromatic carbocycles. The molecule has 0 unspecified atom stereocenters. The molecular formula is C20H22ClNO2. The van der Waals surface area contributed by atoms with Crippen LogP contribution in [0.5, 0.6) is 5.75 Å². The van der Waals surface area contributed by atoms with Gasteiger partial charge in [-0.05, 0) is 73.6 Å². The molecule has 0 aliphatic heterocycles. The van der Waals surface area contributed by atoms with Gasteiger partial charge in [0.2, 0.25) is 0 Å². The summed E-state index contributed by atoms with van der Waals surface area (Å²) in [5, 5.41) is 3.64. The molecule has 3 nitrogen and oxygen atoms in total. The van der Waals surface area contributed by atoms with Gasteiger partial charge in [-0.15, -0.1) is 0 Å². The van der Waals surface area contributed by atoms with Crippen LogP contribution < -0.4 is 10.1 Å². The van der Waals surface area contributed by atoms with Gasteiger partial charge in [0.1, 0.15) is 5.75 Å². The van der Waals surface area contributed by atoms with Gasteiger partial charge in [0, 0.05) is 5.02 Å². The number of halogens is 1. The van der Waals surface area contributed by atoms with E-state index in [-0.39, 0.29) is 18.6 Å². The Labute approximate surface area is 148 Å². The zero-order chi connectivity index (χ0) is 16.9. The van der Waals surface area contributed by atoms with Crippen LogP contribution in [0.25, 0.3) is 0 Å². The predicted octanol–water partition coefficient (Wildman–Crippen LogP) is 4.48. The van der Waals surface area contributed by atoms with E-state index in [2.05, 4.69) is 23.5 Å². The monoisotopic (exact) mass is 343 g/mol. The molecule has 0 saturated carbocycles. The highest BCUT2D eigenvalue weighted by molar-refractivity contribution is 6.30. The van der Waals surface area contributed by atoms with Crippen molar-refractivity contribution in [1.29, 1.82) is 0 Å². The number of hydrogen-bond acceptors (Lipinski definition) is 2. The van der Waals surface area contributed by atoms with Crippen molar-refractivity contribution in [2.45, 2.75) is 38.6 Å². The van der Waals surface area contributed by atoms with Crippen LogP contribution in [-0.2, 0) is 17.6 Å². The Morgan fingerprint density at radius 2 is 1.83 bits per heavy atom. The van der Waals surface area contributed by atoms with E-state index in [9.17, 15) is 4.79 Å². The van der Waals surface area contributed by atoms with Crippen LogP contribution >= 0.6 is 11.6 Å². The number of carbonyl (C=O) groups is 1. The largest absolute Gasteiger partial charge is 0.484 e. The second-order valence-corrected chi connectivity index (χ2v) is 6.70. The predicted molar refractivity (Wildman–Crippen MR) is 96.6 cm³/mol. The van der Waals surface area contributed by atoms with Crippen LogP contribution in [-0.4, -0.2) is 12.5 Å². The summed E-state index contributed by atoms with van der Waals surface area (Å²) >= 11 is 5.83. The molecule has 1 N–H and O–H groups in total. The van der Waals surface area contributed by atoms with E-state index in [0.717, 1.165) is 12.0 Å². The molecule has 3 rings (SSSR count). The summed E-state index contributed by atoms with van der Waals surface area (Å²) in [5.74, 6) is 0.506. The number of hydrogen-bond donors (Lipinski definition) is 1. The zero-order valence-electron chi connectivity index (χ0n) is 13.8. The van der Waals surface area contributed by atoms with Crippen LogP contribution in [0.1, 0.15) is 42.5 Å². The lowest BCUT2D eigenvalue weighted by atomic mass is 9.89. The first-order valence-corrected chi connectivity index (χ1v) is 8.79. The maximum absolute atomic E-state index is 12.1. The van der Waals surface area contributed by atoms with Crippen molar-refractivity contribution < 1.29 is 9.53 Å². The van der Waals surface area contributed by atoms with Crippen LogP contribution in [0.2, 0.25) is 5.02 Å². The first-order valence-electron chi connectivity index (χ1n) is 8.41. The molecule has 0 bridgehead atoms. The highest BCUT2D eigenvalue weighted by Crippen LogP contribution is 2.24. The average Bonchev–Trinajstić information content (AvgIpc) is 2.61. The third-order valence-corrected chi connectivity index (χ3v) is 4.69. The van der Waals surface area contributed by atoms with Crippen LogP contribution in [0.3, 0.4) is 0 Å². The van der Waals surface area contributed by atoms with E-state index < -0.39 is 0 Å². The number of amides is 1. The van der Waals surface area contributed by atoms with E-state index in [4.69, 9.17) is 16.3 Å². The molecule has 4 heteroatoms. The molecule has 0 fully saturated rings. The quantitative estimate of drug-likeness (QED) is 0.869. The Kier molecular flexibility index (Phi) is 5.41. The molecule has 1 aliphatic rings. The van der Waals surface area contributed by atoms with Crippen molar-refractivity contribution in [3.63, 3.8) is 0 Å². The molecule has 126 valence electrons. The lowest BCUT2D eigenvalue weighted by Gasteiger charge is -2.20. The fraction of sp³-hybridized carbons (Fsp3) is 0.350. The molecule has 0 heterocycles. The summed E-state index contributed by atoms with van der Waals surface area (Å²) in [5.41, 5.74) is 4.03. The summed E-state index contributed by atoms with van der Waals surface area (Å²) in [6.45, 7) is 2.00.